The summed E-state index contributed by atoms with van der Waals surface area (Å²) >= 11 is 0. The number of ether oxygens (including phenoxy) is 1. The highest BCUT2D eigenvalue weighted by Crippen LogP contribution is 2.28. The fourth-order valence-corrected chi connectivity index (χ4v) is 5.55. The third-order valence-corrected chi connectivity index (χ3v) is 8.49. The van der Waals surface area contributed by atoms with Crippen molar-refractivity contribution in [2.75, 3.05) is 24.5 Å². The van der Waals surface area contributed by atoms with Gasteiger partial charge in [-0.25, -0.2) is 8.42 Å². The van der Waals surface area contributed by atoms with Crippen molar-refractivity contribution in [2.24, 2.45) is 0 Å². The number of anilines is 1. The topological polar surface area (TPSA) is 96.0 Å². The minimum Gasteiger partial charge on any atom is -0.497 e. The van der Waals surface area contributed by atoms with Crippen LogP contribution in [0.1, 0.15) is 43.4 Å². The number of carbonyl (C=O) groups is 2. The molecule has 0 bridgehead atoms. The lowest BCUT2D eigenvalue weighted by Crippen LogP contribution is -2.51. The largest absolute Gasteiger partial charge is 0.497 e. The predicted molar refractivity (Wildman–Crippen MR) is 158 cm³/mol. The molecule has 0 spiro atoms. The first-order valence-corrected chi connectivity index (χ1v) is 14.9. The molecule has 0 saturated carbocycles. The molecule has 2 amide bonds. The van der Waals surface area contributed by atoms with E-state index in [2.05, 4.69) is 5.32 Å². The molecule has 3 aromatic carbocycles. The van der Waals surface area contributed by atoms with Crippen molar-refractivity contribution in [1.82, 2.24) is 10.2 Å². The molecule has 1 atom stereocenters. The zero-order chi connectivity index (χ0) is 29.3. The van der Waals surface area contributed by atoms with Crippen molar-refractivity contribution < 1.29 is 22.7 Å². The number of hydrogen-bond donors (Lipinski definition) is 1. The molecule has 0 aliphatic heterocycles. The van der Waals surface area contributed by atoms with Crippen molar-refractivity contribution in [1.29, 1.82) is 0 Å². The van der Waals surface area contributed by atoms with Gasteiger partial charge < -0.3 is 15.0 Å². The molecule has 0 aliphatic carbocycles. The number of unbranched alkanes of at least 4 members (excludes halogenated alkanes) is 1. The van der Waals surface area contributed by atoms with Gasteiger partial charge in [-0.05, 0) is 57.0 Å². The molecular weight excluding hydrogens is 526 g/mol. The molecule has 0 aliphatic rings. The number of benzene rings is 3. The Bertz CT molecular complexity index is 1390. The number of sulfonamides is 1. The van der Waals surface area contributed by atoms with Crippen LogP contribution in [0.4, 0.5) is 5.69 Å². The molecule has 3 rings (SSSR count). The number of nitrogens with zero attached hydrogens (tertiary/aromatic N) is 2. The zero-order valence-corrected chi connectivity index (χ0v) is 24.7. The minimum atomic E-state index is -4.14. The van der Waals surface area contributed by atoms with E-state index in [4.69, 9.17) is 4.74 Å². The Kier molecular flexibility index (Phi) is 10.7. The van der Waals surface area contributed by atoms with E-state index in [-0.39, 0.29) is 23.0 Å². The molecule has 214 valence electrons. The van der Waals surface area contributed by atoms with Gasteiger partial charge in [-0.1, -0.05) is 66.9 Å². The monoisotopic (exact) mass is 565 g/mol. The van der Waals surface area contributed by atoms with Gasteiger partial charge in [-0.2, -0.15) is 0 Å². The Hall–Kier alpha value is -3.85. The van der Waals surface area contributed by atoms with Crippen LogP contribution in [-0.2, 0) is 26.2 Å². The summed E-state index contributed by atoms with van der Waals surface area (Å²) in [6, 6.07) is 19.9. The summed E-state index contributed by atoms with van der Waals surface area (Å²) in [6.45, 7) is 7.69. The molecule has 8 nitrogen and oxygen atoms in total. The van der Waals surface area contributed by atoms with E-state index in [0.717, 1.165) is 33.8 Å². The number of rotatable bonds is 13. The molecule has 1 N–H and O–H groups in total. The molecule has 9 heteroatoms. The molecular formula is C31H39N3O5S. The summed E-state index contributed by atoms with van der Waals surface area (Å²) < 4.78 is 34.2. The maximum Gasteiger partial charge on any atom is 0.264 e. The quantitative estimate of drug-likeness (QED) is 0.299. The van der Waals surface area contributed by atoms with E-state index in [1.807, 2.05) is 45.0 Å². The molecule has 0 aromatic heterocycles. The van der Waals surface area contributed by atoms with Gasteiger partial charge in [-0.15, -0.1) is 0 Å². The summed E-state index contributed by atoms with van der Waals surface area (Å²) in [7, 11) is -2.65. The Morgan fingerprint density at radius 3 is 2.17 bits per heavy atom. The highest BCUT2D eigenvalue weighted by Gasteiger charge is 2.32. The normalized spacial score (nSPS) is 11.9. The maximum atomic E-state index is 14.0. The van der Waals surface area contributed by atoms with Crippen LogP contribution in [-0.4, -0.2) is 51.4 Å². The van der Waals surface area contributed by atoms with Gasteiger partial charge >= 0.3 is 0 Å². The van der Waals surface area contributed by atoms with Gasteiger partial charge in [-0.3, -0.25) is 13.9 Å². The average molecular weight is 566 g/mol. The van der Waals surface area contributed by atoms with E-state index < -0.39 is 28.5 Å². The van der Waals surface area contributed by atoms with Crippen LogP contribution in [0.15, 0.2) is 77.7 Å². The van der Waals surface area contributed by atoms with Crippen LogP contribution in [0, 0.1) is 13.8 Å². The van der Waals surface area contributed by atoms with Crippen LogP contribution < -0.4 is 14.4 Å². The van der Waals surface area contributed by atoms with E-state index in [1.54, 1.807) is 43.3 Å². The molecule has 0 heterocycles. The fourth-order valence-electron chi connectivity index (χ4n) is 4.14. The Balaban J connectivity index is 2.01. The van der Waals surface area contributed by atoms with Crippen LogP contribution in [0.25, 0.3) is 0 Å². The number of amides is 2. The predicted octanol–water partition coefficient (Wildman–Crippen LogP) is 4.84. The van der Waals surface area contributed by atoms with Gasteiger partial charge in [0.15, 0.2) is 0 Å². The number of hydrogen-bond acceptors (Lipinski definition) is 5. The van der Waals surface area contributed by atoms with Gasteiger partial charge in [0, 0.05) is 19.2 Å². The SMILES string of the molecule is CCCCNC(=O)[C@@H](C)N(Cc1ccc(C)cc1)C(=O)CN(c1cccc(OC)c1)S(=O)(=O)c1ccc(C)cc1. The van der Waals surface area contributed by atoms with E-state index in [9.17, 15) is 18.0 Å². The van der Waals surface area contributed by atoms with E-state index in [0.29, 0.717) is 12.3 Å². The van der Waals surface area contributed by atoms with Crippen molar-refractivity contribution in [2.45, 2.75) is 58.0 Å². The second-order valence-electron chi connectivity index (χ2n) is 9.85. The summed E-state index contributed by atoms with van der Waals surface area (Å²) in [5.74, 6) is -0.338. The van der Waals surface area contributed by atoms with Crippen molar-refractivity contribution in [3.63, 3.8) is 0 Å². The lowest BCUT2D eigenvalue weighted by molar-refractivity contribution is -0.139. The van der Waals surface area contributed by atoms with Crippen LogP contribution in [0.5, 0.6) is 5.75 Å². The Morgan fingerprint density at radius 1 is 0.950 bits per heavy atom. The standard InChI is InChI=1S/C31H39N3O5S/c1-6-7-19-32-31(36)25(4)33(21-26-15-11-23(2)12-16-26)30(35)22-34(27-9-8-10-28(20-27)39-5)40(37,38)29-17-13-24(3)14-18-29/h8-18,20,25H,6-7,19,21-22H2,1-5H3,(H,32,36)/t25-/m1/s1. The highest BCUT2D eigenvalue weighted by atomic mass is 32.2. The molecule has 0 fully saturated rings. The van der Waals surface area contributed by atoms with Gasteiger partial charge in [0.1, 0.15) is 18.3 Å². The van der Waals surface area contributed by atoms with Gasteiger partial charge in [0.25, 0.3) is 10.0 Å². The maximum absolute atomic E-state index is 14.0. The lowest BCUT2D eigenvalue weighted by atomic mass is 10.1. The second-order valence-corrected chi connectivity index (χ2v) is 11.7. The summed E-state index contributed by atoms with van der Waals surface area (Å²) in [6.07, 6.45) is 1.75. The summed E-state index contributed by atoms with van der Waals surface area (Å²) in [4.78, 5) is 28.5. The minimum absolute atomic E-state index is 0.0594. The summed E-state index contributed by atoms with van der Waals surface area (Å²) in [5.41, 5.74) is 3.10. The van der Waals surface area contributed by atoms with E-state index in [1.165, 1.54) is 24.1 Å². The second kappa shape index (κ2) is 14.0. The first-order chi connectivity index (χ1) is 19.1. The molecule has 0 radical (unpaired) electrons. The van der Waals surface area contributed by atoms with E-state index >= 15 is 0 Å². The number of nitrogens with one attached hydrogen (secondary N) is 1. The molecule has 40 heavy (non-hydrogen) atoms. The first-order valence-electron chi connectivity index (χ1n) is 13.4. The lowest BCUT2D eigenvalue weighted by Gasteiger charge is -2.32. The van der Waals surface area contributed by atoms with Crippen LogP contribution in [0.2, 0.25) is 0 Å². The molecule has 0 saturated heterocycles. The van der Waals surface area contributed by atoms with Gasteiger partial charge in [0.2, 0.25) is 11.8 Å². The number of carbonyl (C=O) groups excluding carboxylic acids is 2. The average Bonchev–Trinajstić information content (AvgIpc) is 2.95. The first kappa shape index (κ1) is 30.7. The molecule has 3 aromatic rings. The van der Waals surface area contributed by atoms with Crippen LogP contribution >= 0.6 is 0 Å². The number of methoxy groups -OCH3 is 1. The third kappa shape index (κ3) is 7.85. The highest BCUT2D eigenvalue weighted by molar-refractivity contribution is 7.92. The zero-order valence-electron chi connectivity index (χ0n) is 23.9. The van der Waals surface area contributed by atoms with Crippen molar-refractivity contribution >= 4 is 27.5 Å². The summed E-state index contributed by atoms with van der Waals surface area (Å²) in [5, 5.41) is 2.89. The smallest absolute Gasteiger partial charge is 0.264 e. The third-order valence-electron chi connectivity index (χ3n) is 6.70. The van der Waals surface area contributed by atoms with Crippen molar-refractivity contribution in [3.8, 4) is 5.75 Å². The molecule has 0 unspecified atom stereocenters. The van der Waals surface area contributed by atoms with Crippen LogP contribution in [0.3, 0.4) is 0 Å². The Morgan fingerprint density at radius 2 is 1.57 bits per heavy atom. The van der Waals surface area contributed by atoms with Gasteiger partial charge in [0.05, 0.1) is 17.7 Å². The Labute approximate surface area is 238 Å². The number of aryl methyl sites for hydroxylation is 2. The van der Waals surface area contributed by atoms with Crippen molar-refractivity contribution in [3.05, 3.63) is 89.5 Å². The fraction of sp³-hybridized carbons (Fsp3) is 0.355.